The molecule has 160 valence electrons. The third kappa shape index (κ3) is 4.70. The molecule has 0 aliphatic carbocycles. The van der Waals surface area contributed by atoms with Crippen molar-refractivity contribution in [2.24, 2.45) is 0 Å². The number of aromatic hydroxyl groups is 2. The van der Waals surface area contributed by atoms with Gasteiger partial charge in [-0.15, -0.1) is 0 Å². The van der Waals surface area contributed by atoms with Gasteiger partial charge in [-0.2, -0.15) is 0 Å². The smallest absolute Gasteiger partial charge is 0.154 e. The summed E-state index contributed by atoms with van der Waals surface area (Å²) in [6, 6.07) is 20.6. The number of anilines is 1. The first-order valence-corrected chi connectivity index (χ1v) is 10.7. The number of fused-ring (bicyclic) bond motifs is 2. The van der Waals surface area contributed by atoms with E-state index in [1.807, 2.05) is 18.2 Å². The number of hydrogen-bond acceptors (Lipinski definition) is 6. The molecule has 2 heterocycles. The van der Waals surface area contributed by atoms with Crippen LogP contribution in [0.25, 0.3) is 0 Å². The molecule has 0 amide bonds. The van der Waals surface area contributed by atoms with Crippen molar-refractivity contribution in [3.8, 4) is 34.5 Å². The number of rotatable bonds is 6. The molecule has 3 aromatic rings. The van der Waals surface area contributed by atoms with Crippen LogP contribution in [0.3, 0.4) is 0 Å². The average Bonchev–Trinajstić information content (AvgIpc) is 3.11. The molecular weight excluding hydrogens is 392 g/mol. The predicted molar refractivity (Wildman–Crippen MR) is 119 cm³/mol. The summed E-state index contributed by atoms with van der Waals surface area (Å²) < 4.78 is 12.1. The predicted octanol–water partition coefficient (Wildman–Crippen LogP) is 5.38. The Hall–Kier alpha value is -3.38. The van der Waals surface area contributed by atoms with Crippen molar-refractivity contribution in [1.29, 1.82) is 0 Å². The molecule has 2 unspecified atom stereocenters. The summed E-state index contributed by atoms with van der Waals surface area (Å²) in [4.78, 5) is 0. The zero-order valence-electron chi connectivity index (χ0n) is 17.1. The third-order valence-electron chi connectivity index (χ3n) is 5.92. The van der Waals surface area contributed by atoms with Crippen molar-refractivity contribution in [3.63, 3.8) is 0 Å². The van der Waals surface area contributed by atoms with Crippen LogP contribution in [0.5, 0.6) is 34.5 Å². The fourth-order valence-corrected chi connectivity index (χ4v) is 4.46. The highest BCUT2D eigenvalue weighted by molar-refractivity contribution is 5.61. The summed E-state index contributed by atoms with van der Waals surface area (Å²) in [6.45, 7) is 0. The van der Waals surface area contributed by atoms with E-state index in [4.69, 9.17) is 9.47 Å². The zero-order valence-corrected chi connectivity index (χ0v) is 17.1. The van der Waals surface area contributed by atoms with Gasteiger partial charge >= 0.3 is 0 Å². The molecule has 2 fully saturated rings. The summed E-state index contributed by atoms with van der Waals surface area (Å²) in [5, 5.41) is 26.4. The molecule has 0 radical (unpaired) electrons. The van der Waals surface area contributed by atoms with Crippen LogP contribution in [0.2, 0.25) is 0 Å². The van der Waals surface area contributed by atoms with Gasteiger partial charge in [0.15, 0.2) is 5.75 Å². The molecule has 3 aromatic carbocycles. The number of hydrogen-bond donors (Lipinski definition) is 4. The van der Waals surface area contributed by atoms with Gasteiger partial charge in [0.2, 0.25) is 0 Å². The van der Waals surface area contributed by atoms with Gasteiger partial charge in [-0.1, -0.05) is 0 Å². The summed E-state index contributed by atoms with van der Waals surface area (Å²) >= 11 is 0. The van der Waals surface area contributed by atoms with Gasteiger partial charge in [0.25, 0.3) is 0 Å². The Kier molecular flexibility index (Phi) is 5.30. The standard InChI is InChI=1S/C25H26N2O4/c28-19-3-7-21(8-4-19)30-23-11-12-24(27-18-13-16-1-2-17(14-18)26-16)25(15-23)31-22-9-5-20(29)6-10-22/h3-12,15-18,26-29H,1-2,13-14H2. The Balaban J connectivity index is 1.39. The van der Waals surface area contributed by atoms with Crippen LogP contribution in [0.4, 0.5) is 5.69 Å². The molecule has 2 atom stereocenters. The van der Waals surface area contributed by atoms with Crippen LogP contribution in [0.15, 0.2) is 66.7 Å². The maximum atomic E-state index is 9.57. The summed E-state index contributed by atoms with van der Waals surface area (Å²) in [7, 11) is 0. The van der Waals surface area contributed by atoms with E-state index in [0.717, 1.165) is 18.5 Å². The lowest BCUT2D eigenvalue weighted by Gasteiger charge is -2.31. The second-order valence-electron chi connectivity index (χ2n) is 8.30. The molecule has 0 aromatic heterocycles. The Morgan fingerprint density at radius 1 is 0.710 bits per heavy atom. The normalized spacial score (nSPS) is 22.1. The molecule has 6 nitrogen and oxygen atoms in total. The van der Waals surface area contributed by atoms with Crippen LogP contribution in [-0.4, -0.2) is 28.3 Å². The van der Waals surface area contributed by atoms with Gasteiger partial charge in [0, 0.05) is 24.2 Å². The Morgan fingerprint density at radius 3 is 1.87 bits per heavy atom. The van der Waals surface area contributed by atoms with Gasteiger partial charge < -0.3 is 30.3 Å². The number of benzene rings is 3. The third-order valence-corrected chi connectivity index (χ3v) is 5.92. The first kappa shape index (κ1) is 19.6. The fourth-order valence-electron chi connectivity index (χ4n) is 4.46. The highest BCUT2D eigenvalue weighted by Gasteiger charge is 2.33. The van der Waals surface area contributed by atoms with Gasteiger partial charge in [-0.3, -0.25) is 0 Å². The van der Waals surface area contributed by atoms with Crippen molar-refractivity contribution < 1.29 is 19.7 Å². The molecule has 0 spiro atoms. The molecular formula is C25H26N2O4. The molecule has 2 aliphatic heterocycles. The van der Waals surface area contributed by atoms with Crippen LogP contribution >= 0.6 is 0 Å². The van der Waals surface area contributed by atoms with Crippen LogP contribution < -0.4 is 20.1 Å². The molecule has 0 saturated carbocycles. The van der Waals surface area contributed by atoms with Crippen molar-refractivity contribution in [2.45, 2.75) is 43.8 Å². The second kappa shape index (κ2) is 8.40. The van der Waals surface area contributed by atoms with Gasteiger partial charge in [-0.25, -0.2) is 0 Å². The van der Waals surface area contributed by atoms with E-state index in [9.17, 15) is 10.2 Å². The van der Waals surface area contributed by atoms with E-state index in [1.165, 1.54) is 12.8 Å². The molecule has 6 heteroatoms. The van der Waals surface area contributed by atoms with Crippen LogP contribution in [0, 0.1) is 0 Å². The van der Waals surface area contributed by atoms with E-state index in [0.29, 0.717) is 41.1 Å². The molecule has 5 rings (SSSR count). The van der Waals surface area contributed by atoms with Crippen molar-refractivity contribution in [3.05, 3.63) is 66.7 Å². The van der Waals surface area contributed by atoms with Crippen molar-refractivity contribution >= 4 is 5.69 Å². The molecule has 2 saturated heterocycles. The number of piperidine rings is 1. The maximum absolute atomic E-state index is 9.57. The number of phenolic OH excluding ortho intramolecular Hbond substituents is 2. The maximum Gasteiger partial charge on any atom is 0.154 e. The highest BCUT2D eigenvalue weighted by atomic mass is 16.5. The fraction of sp³-hybridized carbons (Fsp3) is 0.280. The van der Waals surface area contributed by atoms with Gasteiger partial charge in [0.05, 0.1) is 5.69 Å². The molecule has 31 heavy (non-hydrogen) atoms. The quantitative estimate of drug-likeness (QED) is 0.430. The van der Waals surface area contributed by atoms with Gasteiger partial charge in [-0.05, 0) is 86.3 Å². The lowest BCUT2D eigenvalue weighted by atomic mass is 9.99. The minimum absolute atomic E-state index is 0.194. The second-order valence-corrected chi connectivity index (χ2v) is 8.30. The van der Waals surface area contributed by atoms with E-state index in [2.05, 4.69) is 10.6 Å². The summed E-state index contributed by atoms with van der Waals surface area (Å²) in [5.74, 6) is 2.94. The average molecular weight is 418 g/mol. The largest absolute Gasteiger partial charge is 0.508 e. The van der Waals surface area contributed by atoms with E-state index < -0.39 is 0 Å². The topological polar surface area (TPSA) is 83.0 Å². The van der Waals surface area contributed by atoms with Crippen LogP contribution in [-0.2, 0) is 0 Å². The molecule has 2 bridgehead atoms. The van der Waals surface area contributed by atoms with E-state index in [1.54, 1.807) is 48.5 Å². The summed E-state index contributed by atoms with van der Waals surface area (Å²) in [6.07, 6.45) is 4.69. The Morgan fingerprint density at radius 2 is 1.26 bits per heavy atom. The summed E-state index contributed by atoms with van der Waals surface area (Å²) in [5.41, 5.74) is 0.914. The monoisotopic (exact) mass is 418 g/mol. The zero-order chi connectivity index (χ0) is 21.2. The first-order chi connectivity index (χ1) is 15.1. The number of nitrogens with one attached hydrogen (secondary N) is 2. The van der Waals surface area contributed by atoms with Crippen LogP contribution in [0.1, 0.15) is 25.7 Å². The Labute approximate surface area is 181 Å². The van der Waals surface area contributed by atoms with E-state index >= 15 is 0 Å². The number of ether oxygens (including phenoxy) is 2. The minimum Gasteiger partial charge on any atom is -0.508 e. The lowest BCUT2D eigenvalue weighted by molar-refractivity contribution is 0.377. The molecule has 2 aliphatic rings. The minimum atomic E-state index is 0.194. The van der Waals surface area contributed by atoms with Crippen molar-refractivity contribution in [2.75, 3.05) is 5.32 Å². The lowest BCUT2D eigenvalue weighted by Crippen LogP contribution is -2.43. The van der Waals surface area contributed by atoms with Crippen molar-refractivity contribution in [1.82, 2.24) is 5.32 Å². The highest BCUT2D eigenvalue weighted by Crippen LogP contribution is 2.37. The van der Waals surface area contributed by atoms with Gasteiger partial charge in [0.1, 0.15) is 28.7 Å². The first-order valence-electron chi connectivity index (χ1n) is 10.7. The SMILES string of the molecule is Oc1ccc(Oc2ccc(NC3CC4CCC(C3)N4)c(Oc3ccc(O)cc3)c2)cc1. The van der Waals surface area contributed by atoms with E-state index in [-0.39, 0.29) is 11.5 Å². The Bertz CT molecular complexity index is 1020. The molecule has 4 N–H and O–H groups in total. The number of phenols is 2.